The fourth-order valence-corrected chi connectivity index (χ4v) is 3.85. The van der Waals surface area contributed by atoms with Crippen LogP contribution in [0.15, 0.2) is 0 Å². The summed E-state index contributed by atoms with van der Waals surface area (Å²) in [7, 11) is -0.673. The predicted octanol–water partition coefficient (Wildman–Crippen LogP) is 1.48. The molecule has 0 amide bonds. The van der Waals surface area contributed by atoms with Gasteiger partial charge >= 0.3 is 0 Å². The van der Waals surface area contributed by atoms with Gasteiger partial charge in [-0.1, -0.05) is 24.7 Å². The number of hydrogen-bond donors (Lipinski definition) is 0. The van der Waals surface area contributed by atoms with E-state index in [0.29, 0.717) is 11.5 Å². The maximum atomic E-state index is 11.3. The third-order valence-corrected chi connectivity index (χ3v) is 5.12. The Bertz CT molecular complexity index is 421. The molecule has 0 aliphatic carbocycles. The zero-order valence-corrected chi connectivity index (χ0v) is 11.5. The van der Waals surface area contributed by atoms with Gasteiger partial charge in [0, 0.05) is 35.4 Å². The van der Waals surface area contributed by atoms with E-state index in [9.17, 15) is 9.00 Å². The van der Waals surface area contributed by atoms with E-state index in [1.54, 1.807) is 0 Å². The molecule has 0 unspecified atom stereocenters. The fraction of sp³-hybridized carbons (Fsp3) is 0.636. The molecule has 0 N–H and O–H groups in total. The monoisotopic (exact) mass is 272 g/mol. The quantitative estimate of drug-likeness (QED) is 0.779. The number of aromatic nitrogens is 1. The lowest BCUT2D eigenvalue weighted by Gasteiger charge is -2.25. The van der Waals surface area contributed by atoms with Gasteiger partial charge in [-0.05, 0) is 6.42 Å². The van der Waals surface area contributed by atoms with Crippen LogP contribution in [0.3, 0.4) is 0 Å². The molecule has 6 heteroatoms. The Morgan fingerprint density at radius 2 is 2.18 bits per heavy atom. The van der Waals surface area contributed by atoms with Gasteiger partial charge in [-0.15, -0.1) is 0 Å². The number of thiazole rings is 1. The minimum Gasteiger partial charge on any atom is -0.346 e. The molecule has 17 heavy (non-hydrogen) atoms. The first-order chi connectivity index (χ1) is 8.24. The lowest BCUT2D eigenvalue weighted by atomic mass is 10.2. The van der Waals surface area contributed by atoms with Gasteiger partial charge in [0.25, 0.3) is 0 Å². The summed E-state index contributed by atoms with van der Waals surface area (Å²) in [6.07, 6.45) is 2.74. The van der Waals surface area contributed by atoms with Gasteiger partial charge in [-0.25, -0.2) is 4.98 Å². The standard InChI is InChI=1S/C11H16N2O2S2/c1-2-3-9-10(8-14)16-11(12-9)13-4-6-17(15)7-5-13/h8H,2-7H2,1H3. The maximum Gasteiger partial charge on any atom is 0.186 e. The van der Waals surface area contributed by atoms with Crippen LogP contribution in [0, 0.1) is 0 Å². The van der Waals surface area contributed by atoms with Crippen molar-refractivity contribution < 1.29 is 9.00 Å². The third-order valence-electron chi connectivity index (χ3n) is 2.76. The van der Waals surface area contributed by atoms with Gasteiger partial charge in [-0.2, -0.15) is 0 Å². The van der Waals surface area contributed by atoms with Crippen molar-refractivity contribution in [1.82, 2.24) is 4.98 Å². The number of aryl methyl sites for hydroxylation is 1. The molecule has 1 fully saturated rings. The molecule has 0 atom stereocenters. The number of nitrogens with zero attached hydrogens (tertiary/aromatic N) is 2. The molecule has 1 aromatic rings. The second-order valence-corrected chi connectivity index (χ2v) is 6.72. The van der Waals surface area contributed by atoms with Crippen LogP contribution >= 0.6 is 11.3 Å². The van der Waals surface area contributed by atoms with E-state index in [1.807, 2.05) is 0 Å². The molecule has 0 bridgehead atoms. The molecule has 1 aromatic heterocycles. The number of rotatable bonds is 4. The number of anilines is 1. The van der Waals surface area contributed by atoms with Crippen molar-refractivity contribution in [3.63, 3.8) is 0 Å². The molecule has 1 aliphatic heterocycles. The molecular formula is C11H16N2O2S2. The summed E-state index contributed by atoms with van der Waals surface area (Å²) in [6.45, 7) is 3.64. The Morgan fingerprint density at radius 1 is 1.47 bits per heavy atom. The summed E-state index contributed by atoms with van der Waals surface area (Å²) in [4.78, 5) is 18.4. The van der Waals surface area contributed by atoms with E-state index in [4.69, 9.17) is 0 Å². The van der Waals surface area contributed by atoms with E-state index in [1.165, 1.54) is 11.3 Å². The second kappa shape index (κ2) is 5.73. The van der Waals surface area contributed by atoms with Crippen molar-refractivity contribution in [2.45, 2.75) is 19.8 Å². The highest BCUT2D eigenvalue weighted by atomic mass is 32.2. The van der Waals surface area contributed by atoms with Crippen LogP contribution in [0.1, 0.15) is 28.7 Å². The maximum absolute atomic E-state index is 11.3. The van der Waals surface area contributed by atoms with Crippen LogP contribution in [-0.2, 0) is 17.2 Å². The molecule has 94 valence electrons. The highest BCUT2D eigenvalue weighted by molar-refractivity contribution is 7.85. The smallest absolute Gasteiger partial charge is 0.186 e. The van der Waals surface area contributed by atoms with E-state index < -0.39 is 10.8 Å². The summed E-state index contributed by atoms with van der Waals surface area (Å²) in [5, 5.41) is 0.909. The summed E-state index contributed by atoms with van der Waals surface area (Å²) >= 11 is 1.46. The first kappa shape index (κ1) is 12.7. The fourth-order valence-electron chi connectivity index (χ4n) is 1.82. The summed E-state index contributed by atoms with van der Waals surface area (Å²) in [5.74, 6) is 1.41. The minimum atomic E-state index is -0.673. The first-order valence-electron chi connectivity index (χ1n) is 5.79. The third kappa shape index (κ3) is 2.93. The Kier molecular flexibility index (Phi) is 4.28. The largest absolute Gasteiger partial charge is 0.346 e. The molecule has 1 aliphatic rings. The average Bonchev–Trinajstić information content (AvgIpc) is 2.74. The summed E-state index contributed by atoms with van der Waals surface area (Å²) in [6, 6.07) is 0. The van der Waals surface area contributed by atoms with Gasteiger partial charge < -0.3 is 4.90 Å². The zero-order chi connectivity index (χ0) is 12.3. The second-order valence-electron chi connectivity index (χ2n) is 4.01. The van der Waals surface area contributed by atoms with Crippen LogP contribution in [0.2, 0.25) is 0 Å². The van der Waals surface area contributed by atoms with Crippen molar-refractivity contribution in [1.29, 1.82) is 0 Å². The lowest BCUT2D eigenvalue weighted by Crippen LogP contribution is -2.37. The number of aldehydes is 1. The number of carbonyl (C=O) groups is 1. The molecule has 0 radical (unpaired) electrons. The van der Waals surface area contributed by atoms with E-state index in [2.05, 4.69) is 16.8 Å². The van der Waals surface area contributed by atoms with Crippen LogP contribution in [-0.4, -0.2) is 40.1 Å². The van der Waals surface area contributed by atoms with Crippen molar-refractivity contribution in [3.8, 4) is 0 Å². The predicted molar refractivity (Wildman–Crippen MR) is 71.6 cm³/mol. The molecule has 0 aromatic carbocycles. The SMILES string of the molecule is CCCc1nc(N2CCS(=O)CC2)sc1C=O. The van der Waals surface area contributed by atoms with Gasteiger partial charge in [0.1, 0.15) is 0 Å². The van der Waals surface area contributed by atoms with Crippen LogP contribution < -0.4 is 4.90 Å². The van der Waals surface area contributed by atoms with Crippen LogP contribution in [0.4, 0.5) is 5.13 Å². The van der Waals surface area contributed by atoms with Crippen LogP contribution in [0.5, 0.6) is 0 Å². The Hall–Kier alpha value is -0.750. The van der Waals surface area contributed by atoms with Crippen molar-refractivity contribution >= 4 is 33.6 Å². The highest BCUT2D eigenvalue weighted by Gasteiger charge is 2.20. The van der Waals surface area contributed by atoms with E-state index in [0.717, 1.165) is 47.9 Å². The topological polar surface area (TPSA) is 50.3 Å². The number of carbonyl (C=O) groups excluding carboxylic acids is 1. The van der Waals surface area contributed by atoms with Crippen molar-refractivity contribution in [2.24, 2.45) is 0 Å². The molecule has 0 saturated carbocycles. The molecule has 2 heterocycles. The normalized spacial score (nSPS) is 17.4. The Labute approximate surface area is 108 Å². The van der Waals surface area contributed by atoms with Gasteiger partial charge in [-0.3, -0.25) is 9.00 Å². The van der Waals surface area contributed by atoms with E-state index in [-0.39, 0.29) is 0 Å². The first-order valence-corrected chi connectivity index (χ1v) is 8.10. The molecule has 2 rings (SSSR count). The zero-order valence-electron chi connectivity index (χ0n) is 9.85. The van der Waals surface area contributed by atoms with Gasteiger partial charge in [0.15, 0.2) is 11.4 Å². The minimum absolute atomic E-state index is 0.673. The molecule has 0 spiro atoms. The number of hydrogen-bond acceptors (Lipinski definition) is 5. The summed E-state index contributed by atoms with van der Waals surface area (Å²) in [5.41, 5.74) is 0.911. The molecular weight excluding hydrogens is 256 g/mol. The lowest BCUT2D eigenvalue weighted by molar-refractivity contribution is 0.112. The van der Waals surface area contributed by atoms with Crippen LogP contribution in [0.25, 0.3) is 0 Å². The highest BCUT2D eigenvalue weighted by Crippen LogP contribution is 2.26. The van der Waals surface area contributed by atoms with Gasteiger partial charge in [0.05, 0.1) is 10.6 Å². The van der Waals surface area contributed by atoms with Crippen molar-refractivity contribution in [2.75, 3.05) is 29.5 Å². The summed E-state index contributed by atoms with van der Waals surface area (Å²) < 4.78 is 11.3. The van der Waals surface area contributed by atoms with E-state index >= 15 is 0 Å². The average molecular weight is 272 g/mol. The Balaban J connectivity index is 2.15. The molecule has 1 saturated heterocycles. The molecule has 4 nitrogen and oxygen atoms in total. The van der Waals surface area contributed by atoms with Crippen molar-refractivity contribution in [3.05, 3.63) is 10.6 Å². The Morgan fingerprint density at radius 3 is 2.76 bits per heavy atom. The van der Waals surface area contributed by atoms with Gasteiger partial charge in [0.2, 0.25) is 0 Å².